The quantitative estimate of drug-likeness (QED) is 0.797. The predicted octanol–water partition coefficient (Wildman–Crippen LogP) is 0.999. The van der Waals surface area contributed by atoms with E-state index in [9.17, 15) is 4.79 Å². The van der Waals surface area contributed by atoms with Crippen molar-refractivity contribution in [3.63, 3.8) is 0 Å². The maximum atomic E-state index is 12.3. The van der Waals surface area contributed by atoms with E-state index in [1.165, 1.54) is 0 Å². The molecule has 7 heteroatoms. The largest absolute Gasteiger partial charge is 0.399 e. The number of aromatic nitrogens is 2. The fourth-order valence-corrected chi connectivity index (χ4v) is 1.95. The maximum absolute atomic E-state index is 12.3. The number of nitrogens with two attached hydrogens (primary N) is 1. The number of carbonyl (C=O) groups is 1. The zero-order chi connectivity index (χ0) is 15.4. The van der Waals surface area contributed by atoms with Crippen molar-refractivity contribution in [3.8, 4) is 0 Å². The number of aryl methyl sites for hydroxylation is 1. The molecule has 21 heavy (non-hydrogen) atoms. The van der Waals surface area contributed by atoms with Gasteiger partial charge in [-0.05, 0) is 18.2 Å². The van der Waals surface area contributed by atoms with Gasteiger partial charge in [0.1, 0.15) is 0 Å². The van der Waals surface area contributed by atoms with Crippen LogP contribution in [0.5, 0.6) is 0 Å². The second-order valence-corrected chi connectivity index (χ2v) is 4.91. The van der Waals surface area contributed by atoms with Crippen molar-refractivity contribution in [2.24, 2.45) is 0 Å². The van der Waals surface area contributed by atoms with Gasteiger partial charge in [-0.2, -0.15) is 4.98 Å². The zero-order valence-electron chi connectivity index (χ0n) is 12.4. The summed E-state index contributed by atoms with van der Waals surface area (Å²) in [5.74, 6) is 0.918. The number of carbonyl (C=O) groups excluding carboxylic acids is 1. The lowest BCUT2D eigenvalue weighted by molar-refractivity contribution is 0.0954. The molecule has 0 fully saturated rings. The molecule has 7 nitrogen and oxygen atoms in total. The number of nitrogens with zero attached hydrogens (tertiary/aromatic N) is 3. The molecule has 1 aromatic heterocycles. The third-order valence-electron chi connectivity index (χ3n) is 2.95. The molecule has 0 saturated heterocycles. The molecule has 0 bridgehead atoms. The lowest BCUT2D eigenvalue weighted by atomic mass is 10.1. The van der Waals surface area contributed by atoms with Gasteiger partial charge in [0, 0.05) is 45.4 Å². The molecule has 112 valence electrons. The molecule has 1 heterocycles. The second-order valence-electron chi connectivity index (χ2n) is 4.91. The van der Waals surface area contributed by atoms with Crippen LogP contribution in [0.2, 0.25) is 0 Å². The summed E-state index contributed by atoms with van der Waals surface area (Å²) < 4.78 is 4.88. The van der Waals surface area contributed by atoms with Crippen LogP contribution < -0.4 is 16.0 Å². The SMILES string of the molecule is Cc1nc(CCNC(=O)c2cc(N)ccc2N(C)C)no1. The van der Waals surface area contributed by atoms with Gasteiger partial charge in [-0.3, -0.25) is 4.79 Å². The van der Waals surface area contributed by atoms with Gasteiger partial charge < -0.3 is 20.5 Å². The van der Waals surface area contributed by atoms with Gasteiger partial charge in [-0.25, -0.2) is 0 Å². The molecule has 0 unspecified atom stereocenters. The molecular formula is C14H19N5O2. The number of benzene rings is 1. The van der Waals surface area contributed by atoms with E-state index >= 15 is 0 Å². The van der Waals surface area contributed by atoms with Crippen molar-refractivity contribution < 1.29 is 9.32 Å². The zero-order valence-corrected chi connectivity index (χ0v) is 12.4. The summed E-state index contributed by atoms with van der Waals surface area (Å²) in [7, 11) is 3.76. The molecule has 2 rings (SSSR count). The van der Waals surface area contributed by atoms with E-state index in [0.29, 0.717) is 35.9 Å². The molecule has 0 aliphatic heterocycles. The average Bonchev–Trinajstić information content (AvgIpc) is 2.84. The Bertz CT molecular complexity index is 636. The van der Waals surface area contributed by atoms with E-state index in [1.54, 1.807) is 19.1 Å². The molecule has 1 aromatic carbocycles. The first kappa shape index (κ1) is 14.8. The molecule has 0 radical (unpaired) electrons. The Labute approximate surface area is 123 Å². The van der Waals surface area contributed by atoms with E-state index in [2.05, 4.69) is 15.5 Å². The van der Waals surface area contributed by atoms with Gasteiger partial charge >= 0.3 is 0 Å². The van der Waals surface area contributed by atoms with Crippen LogP contribution in [-0.4, -0.2) is 36.7 Å². The number of anilines is 2. The molecule has 0 aliphatic rings. The summed E-state index contributed by atoms with van der Waals surface area (Å²) in [6, 6.07) is 5.27. The highest BCUT2D eigenvalue weighted by molar-refractivity contribution is 6.00. The number of amides is 1. The topological polar surface area (TPSA) is 97.3 Å². The van der Waals surface area contributed by atoms with Gasteiger partial charge in [0.25, 0.3) is 5.91 Å². The van der Waals surface area contributed by atoms with Crippen LogP contribution >= 0.6 is 0 Å². The lowest BCUT2D eigenvalue weighted by Crippen LogP contribution is -2.28. The normalized spacial score (nSPS) is 10.4. The third kappa shape index (κ3) is 3.71. The predicted molar refractivity (Wildman–Crippen MR) is 80.3 cm³/mol. The lowest BCUT2D eigenvalue weighted by Gasteiger charge is -2.17. The van der Waals surface area contributed by atoms with Gasteiger partial charge in [-0.15, -0.1) is 0 Å². The summed E-state index contributed by atoms with van der Waals surface area (Å²) in [6.07, 6.45) is 0.517. The first-order chi connectivity index (χ1) is 9.97. The van der Waals surface area contributed by atoms with Gasteiger partial charge in [-0.1, -0.05) is 5.16 Å². The highest BCUT2D eigenvalue weighted by Crippen LogP contribution is 2.21. The van der Waals surface area contributed by atoms with Crippen LogP contribution in [0, 0.1) is 6.92 Å². The molecule has 3 N–H and O–H groups in total. The minimum atomic E-state index is -0.175. The van der Waals surface area contributed by atoms with Crippen molar-refractivity contribution in [1.29, 1.82) is 0 Å². The summed E-state index contributed by atoms with van der Waals surface area (Å²) in [4.78, 5) is 18.2. The van der Waals surface area contributed by atoms with Crippen LogP contribution in [0.4, 0.5) is 11.4 Å². The summed E-state index contributed by atoms with van der Waals surface area (Å²) in [6.45, 7) is 2.16. The molecule has 0 saturated carbocycles. The molecule has 0 aliphatic carbocycles. The van der Waals surface area contributed by atoms with E-state index in [4.69, 9.17) is 10.3 Å². The summed E-state index contributed by atoms with van der Waals surface area (Å²) in [5.41, 5.74) is 7.67. The van der Waals surface area contributed by atoms with Crippen molar-refractivity contribution in [2.45, 2.75) is 13.3 Å². The Balaban J connectivity index is 2.01. The Hall–Kier alpha value is -2.57. The number of nitrogens with one attached hydrogen (secondary N) is 1. The molecular weight excluding hydrogens is 270 g/mol. The third-order valence-corrected chi connectivity index (χ3v) is 2.95. The van der Waals surface area contributed by atoms with Crippen molar-refractivity contribution in [2.75, 3.05) is 31.3 Å². The number of hydrogen-bond donors (Lipinski definition) is 2. The fourth-order valence-electron chi connectivity index (χ4n) is 1.95. The standard InChI is InChI=1S/C14H19N5O2/c1-9-17-13(18-21-9)6-7-16-14(20)11-8-10(15)4-5-12(11)19(2)3/h4-5,8H,6-7,15H2,1-3H3,(H,16,20). The van der Waals surface area contributed by atoms with Gasteiger partial charge in [0.2, 0.25) is 5.89 Å². The molecule has 1 amide bonds. The van der Waals surface area contributed by atoms with Crippen LogP contribution in [0.15, 0.2) is 22.7 Å². The number of nitrogen functional groups attached to an aromatic ring is 1. The fraction of sp³-hybridized carbons (Fsp3) is 0.357. The highest BCUT2D eigenvalue weighted by Gasteiger charge is 2.13. The Morgan fingerprint density at radius 2 is 2.19 bits per heavy atom. The van der Waals surface area contributed by atoms with E-state index in [0.717, 1.165) is 5.69 Å². The number of rotatable bonds is 5. The summed E-state index contributed by atoms with van der Waals surface area (Å²) in [5, 5.41) is 6.62. The van der Waals surface area contributed by atoms with Crippen molar-refractivity contribution in [1.82, 2.24) is 15.5 Å². The van der Waals surface area contributed by atoms with Gasteiger partial charge in [0.15, 0.2) is 5.82 Å². The molecule has 0 atom stereocenters. The monoisotopic (exact) mass is 289 g/mol. The van der Waals surface area contributed by atoms with Crippen LogP contribution in [0.25, 0.3) is 0 Å². The first-order valence-electron chi connectivity index (χ1n) is 6.61. The van der Waals surface area contributed by atoms with Crippen molar-refractivity contribution in [3.05, 3.63) is 35.5 Å². The van der Waals surface area contributed by atoms with Gasteiger partial charge in [0.05, 0.1) is 5.56 Å². The molecule has 2 aromatic rings. The number of hydrogen-bond acceptors (Lipinski definition) is 6. The second kappa shape index (κ2) is 6.25. The van der Waals surface area contributed by atoms with E-state index in [-0.39, 0.29) is 5.91 Å². The minimum Gasteiger partial charge on any atom is -0.399 e. The van der Waals surface area contributed by atoms with Crippen molar-refractivity contribution >= 4 is 17.3 Å². The highest BCUT2D eigenvalue weighted by atomic mass is 16.5. The van der Waals surface area contributed by atoms with Crippen LogP contribution in [0.1, 0.15) is 22.1 Å². The van der Waals surface area contributed by atoms with Crippen LogP contribution in [-0.2, 0) is 6.42 Å². The molecule has 0 spiro atoms. The van der Waals surface area contributed by atoms with Crippen LogP contribution in [0.3, 0.4) is 0 Å². The Morgan fingerprint density at radius 3 is 2.81 bits per heavy atom. The average molecular weight is 289 g/mol. The van der Waals surface area contributed by atoms with E-state index in [1.807, 2.05) is 25.1 Å². The Morgan fingerprint density at radius 1 is 1.43 bits per heavy atom. The van der Waals surface area contributed by atoms with E-state index < -0.39 is 0 Å². The smallest absolute Gasteiger partial charge is 0.253 e. The minimum absolute atomic E-state index is 0.175. The maximum Gasteiger partial charge on any atom is 0.253 e. The Kier molecular flexibility index (Phi) is 4.42. The summed E-state index contributed by atoms with van der Waals surface area (Å²) >= 11 is 0. The first-order valence-corrected chi connectivity index (χ1v) is 6.61.